The van der Waals surface area contributed by atoms with Crippen molar-refractivity contribution < 1.29 is 4.79 Å². The number of amides is 1. The zero-order valence-electron chi connectivity index (χ0n) is 8.53. The van der Waals surface area contributed by atoms with E-state index >= 15 is 0 Å². The second-order valence-corrected chi connectivity index (χ2v) is 4.32. The predicted octanol–water partition coefficient (Wildman–Crippen LogP) is 1.89. The van der Waals surface area contributed by atoms with Gasteiger partial charge in [-0.15, -0.1) is 0 Å². The van der Waals surface area contributed by atoms with E-state index in [4.69, 9.17) is 5.73 Å². The lowest BCUT2D eigenvalue weighted by Gasteiger charge is -2.23. The number of carbonyl (C=O) groups is 1. The van der Waals surface area contributed by atoms with E-state index in [9.17, 15) is 4.79 Å². The average molecular weight is 214 g/mol. The minimum atomic E-state index is -0.00401. The molecule has 0 radical (unpaired) electrons. The highest BCUT2D eigenvalue weighted by Crippen LogP contribution is 2.12. The van der Waals surface area contributed by atoms with Crippen molar-refractivity contribution in [2.24, 2.45) is 5.73 Å². The van der Waals surface area contributed by atoms with Crippen molar-refractivity contribution in [3.05, 3.63) is 12.2 Å². The molecular weight excluding hydrogens is 196 g/mol. The van der Waals surface area contributed by atoms with Crippen LogP contribution in [0.1, 0.15) is 25.7 Å². The van der Waals surface area contributed by atoms with E-state index in [1.807, 2.05) is 6.08 Å². The van der Waals surface area contributed by atoms with Gasteiger partial charge in [-0.25, -0.2) is 0 Å². The fraction of sp³-hybridized carbons (Fsp3) is 0.700. The molecule has 1 aliphatic rings. The molecule has 2 atom stereocenters. The molecule has 0 aromatic heterocycles. The van der Waals surface area contributed by atoms with Gasteiger partial charge >= 0.3 is 0 Å². The van der Waals surface area contributed by atoms with Crippen molar-refractivity contribution in [1.29, 1.82) is 0 Å². The van der Waals surface area contributed by atoms with E-state index in [-0.39, 0.29) is 17.3 Å². The SMILES string of the molecule is CSC(=O)N[C@@H]1/C=C/CCCC[C@H]1N. The molecule has 0 bridgehead atoms. The first-order valence-corrected chi connectivity index (χ1v) is 6.23. The Hall–Kier alpha value is -0.480. The molecule has 0 fully saturated rings. The minimum Gasteiger partial charge on any atom is -0.339 e. The molecular formula is C10H18N2OS. The molecule has 1 rings (SSSR count). The van der Waals surface area contributed by atoms with Crippen LogP contribution in [0.5, 0.6) is 0 Å². The van der Waals surface area contributed by atoms with Gasteiger partial charge in [0, 0.05) is 6.04 Å². The van der Waals surface area contributed by atoms with E-state index in [1.54, 1.807) is 6.26 Å². The lowest BCUT2D eigenvalue weighted by Crippen LogP contribution is -2.45. The van der Waals surface area contributed by atoms with Gasteiger partial charge in [-0.05, 0) is 25.5 Å². The van der Waals surface area contributed by atoms with Crippen molar-refractivity contribution in [3.8, 4) is 0 Å². The van der Waals surface area contributed by atoms with Crippen LogP contribution in [0.3, 0.4) is 0 Å². The van der Waals surface area contributed by atoms with Crippen LogP contribution in [-0.2, 0) is 0 Å². The third kappa shape index (κ3) is 3.72. The summed E-state index contributed by atoms with van der Waals surface area (Å²) in [5.74, 6) is 0. The zero-order valence-corrected chi connectivity index (χ0v) is 9.35. The first kappa shape index (κ1) is 11.6. The van der Waals surface area contributed by atoms with E-state index in [0.717, 1.165) is 19.3 Å². The van der Waals surface area contributed by atoms with Gasteiger partial charge in [0.1, 0.15) is 0 Å². The zero-order chi connectivity index (χ0) is 10.4. The van der Waals surface area contributed by atoms with Gasteiger partial charge in [-0.3, -0.25) is 4.79 Å². The molecule has 0 aliphatic heterocycles. The Morgan fingerprint density at radius 1 is 1.57 bits per heavy atom. The van der Waals surface area contributed by atoms with Crippen LogP contribution >= 0.6 is 11.8 Å². The standard InChI is InChI=1S/C10H18N2OS/c1-14-10(13)12-9-7-5-3-2-4-6-8(9)11/h5,7-9H,2-4,6,11H2,1H3,(H,12,13)/b7-5+/t8-,9-/m1/s1. The highest BCUT2D eigenvalue weighted by molar-refractivity contribution is 8.12. The van der Waals surface area contributed by atoms with Crippen LogP contribution in [0.2, 0.25) is 0 Å². The summed E-state index contributed by atoms with van der Waals surface area (Å²) in [7, 11) is 0. The van der Waals surface area contributed by atoms with Crippen LogP contribution in [0.4, 0.5) is 4.79 Å². The molecule has 0 unspecified atom stereocenters. The van der Waals surface area contributed by atoms with E-state index in [1.165, 1.54) is 18.2 Å². The fourth-order valence-electron chi connectivity index (χ4n) is 1.56. The first-order valence-electron chi connectivity index (χ1n) is 5.01. The number of rotatable bonds is 1. The summed E-state index contributed by atoms with van der Waals surface area (Å²) in [6.07, 6.45) is 10.3. The van der Waals surface area contributed by atoms with Gasteiger partial charge < -0.3 is 11.1 Å². The molecule has 3 nitrogen and oxygen atoms in total. The number of hydrogen-bond donors (Lipinski definition) is 2. The third-order valence-electron chi connectivity index (χ3n) is 2.43. The third-order valence-corrected chi connectivity index (χ3v) is 2.92. The molecule has 1 amide bonds. The maximum Gasteiger partial charge on any atom is 0.279 e. The van der Waals surface area contributed by atoms with E-state index < -0.39 is 0 Å². The van der Waals surface area contributed by atoms with Crippen LogP contribution in [0.15, 0.2) is 12.2 Å². The molecule has 0 spiro atoms. The number of thioether (sulfide) groups is 1. The summed E-state index contributed by atoms with van der Waals surface area (Å²) < 4.78 is 0. The Kier molecular flexibility index (Phi) is 5.04. The molecule has 0 aromatic rings. The summed E-state index contributed by atoms with van der Waals surface area (Å²) in [6.45, 7) is 0. The molecule has 0 heterocycles. The molecule has 3 N–H and O–H groups in total. The molecule has 4 heteroatoms. The molecule has 1 aliphatic carbocycles. The highest BCUT2D eigenvalue weighted by Gasteiger charge is 2.17. The minimum absolute atomic E-state index is 0.00401. The highest BCUT2D eigenvalue weighted by atomic mass is 32.2. The Labute approximate surface area is 89.5 Å². The number of hydrogen-bond acceptors (Lipinski definition) is 3. The Morgan fingerprint density at radius 3 is 3.07 bits per heavy atom. The lowest BCUT2D eigenvalue weighted by atomic mass is 9.98. The summed E-state index contributed by atoms with van der Waals surface area (Å²) in [6, 6.07) is 0.0675. The summed E-state index contributed by atoms with van der Waals surface area (Å²) >= 11 is 1.19. The van der Waals surface area contributed by atoms with Gasteiger partial charge in [-0.1, -0.05) is 30.3 Å². The smallest absolute Gasteiger partial charge is 0.279 e. The molecule has 0 saturated carbocycles. The second kappa shape index (κ2) is 6.09. The lowest BCUT2D eigenvalue weighted by molar-refractivity contribution is 0.257. The van der Waals surface area contributed by atoms with Crippen molar-refractivity contribution >= 4 is 17.0 Å². The molecule has 0 aromatic carbocycles. The second-order valence-electron chi connectivity index (χ2n) is 3.54. The Bertz CT molecular complexity index is 218. The van der Waals surface area contributed by atoms with E-state index in [2.05, 4.69) is 11.4 Å². The van der Waals surface area contributed by atoms with Crippen molar-refractivity contribution in [2.45, 2.75) is 37.8 Å². The quantitative estimate of drug-likeness (QED) is 0.655. The topological polar surface area (TPSA) is 55.1 Å². The number of nitrogens with two attached hydrogens (primary N) is 1. The van der Waals surface area contributed by atoms with Gasteiger partial charge in [-0.2, -0.15) is 0 Å². The first-order chi connectivity index (χ1) is 6.74. The van der Waals surface area contributed by atoms with Crippen LogP contribution < -0.4 is 11.1 Å². The van der Waals surface area contributed by atoms with Crippen molar-refractivity contribution in [2.75, 3.05) is 6.26 Å². The molecule has 80 valence electrons. The van der Waals surface area contributed by atoms with Crippen molar-refractivity contribution in [3.63, 3.8) is 0 Å². The fourth-order valence-corrected chi connectivity index (χ4v) is 1.81. The van der Waals surface area contributed by atoms with Crippen LogP contribution in [0.25, 0.3) is 0 Å². The monoisotopic (exact) mass is 214 g/mol. The summed E-state index contributed by atoms with van der Waals surface area (Å²) in [4.78, 5) is 11.2. The van der Waals surface area contributed by atoms with Gasteiger partial charge in [0.25, 0.3) is 5.24 Å². The molecule has 14 heavy (non-hydrogen) atoms. The Balaban J connectivity index is 2.52. The average Bonchev–Trinajstić information content (AvgIpc) is 2.17. The summed E-state index contributed by atoms with van der Waals surface area (Å²) in [5, 5.41) is 2.89. The summed E-state index contributed by atoms with van der Waals surface area (Å²) in [5.41, 5.74) is 5.98. The maximum absolute atomic E-state index is 11.2. The predicted molar refractivity (Wildman–Crippen MR) is 61.4 cm³/mol. The number of nitrogens with one attached hydrogen (secondary N) is 1. The van der Waals surface area contributed by atoms with Gasteiger partial charge in [0.05, 0.1) is 6.04 Å². The largest absolute Gasteiger partial charge is 0.339 e. The Morgan fingerprint density at radius 2 is 2.36 bits per heavy atom. The van der Waals surface area contributed by atoms with Crippen molar-refractivity contribution in [1.82, 2.24) is 5.32 Å². The van der Waals surface area contributed by atoms with E-state index in [0.29, 0.717) is 0 Å². The molecule has 0 saturated heterocycles. The maximum atomic E-state index is 11.2. The number of allylic oxidation sites excluding steroid dienone is 1. The van der Waals surface area contributed by atoms with Gasteiger partial charge in [0.2, 0.25) is 0 Å². The van der Waals surface area contributed by atoms with Gasteiger partial charge in [0.15, 0.2) is 0 Å². The normalized spacial score (nSPS) is 30.1. The van der Waals surface area contributed by atoms with Crippen LogP contribution in [-0.4, -0.2) is 23.6 Å². The van der Waals surface area contributed by atoms with Crippen LogP contribution in [0, 0.1) is 0 Å². The number of carbonyl (C=O) groups excluding carboxylic acids is 1.